The Balaban J connectivity index is 2.41. The van der Waals surface area contributed by atoms with Gasteiger partial charge in [-0.2, -0.15) is 0 Å². The molecule has 0 saturated heterocycles. The first kappa shape index (κ1) is 19.1. The van der Waals surface area contributed by atoms with Crippen LogP contribution >= 0.6 is 11.3 Å². The van der Waals surface area contributed by atoms with Crippen molar-refractivity contribution in [3.63, 3.8) is 0 Å². The third-order valence-electron chi connectivity index (χ3n) is 4.02. The lowest BCUT2D eigenvalue weighted by Gasteiger charge is -2.13. The zero-order chi connectivity index (χ0) is 18.4. The summed E-state index contributed by atoms with van der Waals surface area (Å²) in [5.41, 5.74) is 1.64. The van der Waals surface area contributed by atoms with Crippen LogP contribution in [0.1, 0.15) is 44.0 Å². The summed E-state index contributed by atoms with van der Waals surface area (Å²) in [5, 5.41) is 5.11. The number of halogens is 1. The number of benzene rings is 1. The van der Waals surface area contributed by atoms with Crippen LogP contribution < -0.4 is 5.32 Å². The average Bonchev–Trinajstić information content (AvgIpc) is 3.00. The molecule has 0 atom stereocenters. The Labute approximate surface area is 151 Å². The van der Waals surface area contributed by atoms with E-state index in [0.29, 0.717) is 21.7 Å². The van der Waals surface area contributed by atoms with Crippen molar-refractivity contribution in [3.8, 4) is 11.1 Å². The largest absolute Gasteiger partial charge is 0.462 e. The number of rotatable bonds is 7. The number of nitrogens with one attached hydrogen (secondary N) is 1. The van der Waals surface area contributed by atoms with Gasteiger partial charge in [-0.25, -0.2) is 9.18 Å². The number of esters is 1. The van der Waals surface area contributed by atoms with Gasteiger partial charge in [0.1, 0.15) is 16.4 Å². The molecule has 0 bridgehead atoms. The van der Waals surface area contributed by atoms with Gasteiger partial charge in [0.05, 0.1) is 6.61 Å². The predicted octanol–water partition coefficient (Wildman–Crippen LogP) is 5.11. The second-order valence-corrected chi connectivity index (χ2v) is 6.46. The summed E-state index contributed by atoms with van der Waals surface area (Å²) in [4.78, 5) is 24.8. The maximum absolute atomic E-state index is 13.2. The van der Waals surface area contributed by atoms with Gasteiger partial charge < -0.3 is 10.1 Å². The molecule has 1 aromatic heterocycles. The number of ether oxygens (including phenoxy) is 1. The van der Waals surface area contributed by atoms with Crippen molar-refractivity contribution in [2.24, 2.45) is 5.92 Å². The maximum Gasteiger partial charge on any atom is 0.341 e. The lowest BCUT2D eigenvalue weighted by molar-refractivity contribution is -0.120. The van der Waals surface area contributed by atoms with Crippen molar-refractivity contribution < 1.29 is 18.7 Å². The minimum Gasteiger partial charge on any atom is -0.462 e. The van der Waals surface area contributed by atoms with Crippen LogP contribution in [0, 0.1) is 11.7 Å². The van der Waals surface area contributed by atoms with E-state index >= 15 is 0 Å². The minimum atomic E-state index is -0.497. The molecule has 0 aliphatic carbocycles. The van der Waals surface area contributed by atoms with E-state index in [-0.39, 0.29) is 24.2 Å². The van der Waals surface area contributed by atoms with Crippen LogP contribution in [0.4, 0.5) is 9.39 Å². The summed E-state index contributed by atoms with van der Waals surface area (Å²) in [6.45, 7) is 5.87. The fourth-order valence-electron chi connectivity index (χ4n) is 2.57. The maximum atomic E-state index is 13.2. The Morgan fingerprint density at radius 3 is 2.36 bits per heavy atom. The molecule has 1 aromatic carbocycles. The van der Waals surface area contributed by atoms with Crippen LogP contribution in [0.2, 0.25) is 0 Å². The molecule has 1 amide bonds. The number of thiophene rings is 1. The van der Waals surface area contributed by atoms with Crippen molar-refractivity contribution >= 4 is 28.2 Å². The monoisotopic (exact) mass is 363 g/mol. The fourth-order valence-corrected chi connectivity index (χ4v) is 3.53. The first-order valence-electron chi connectivity index (χ1n) is 8.37. The molecule has 6 heteroatoms. The molecule has 4 nitrogen and oxygen atoms in total. The molecule has 0 fully saturated rings. The first-order valence-corrected chi connectivity index (χ1v) is 9.25. The van der Waals surface area contributed by atoms with Gasteiger partial charge in [-0.3, -0.25) is 4.79 Å². The highest BCUT2D eigenvalue weighted by atomic mass is 32.1. The predicted molar refractivity (Wildman–Crippen MR) is 98.4 cm³/mol. The summed E-state index contributed by atoms with van der Waals surface area (Å²) in [6.07, 6.45) is 1.46. The second-order valence-electron chi connectivity index (χ2n) is 5.58. The molecule has 1 N–H and O–H groups in total. The molecular formula is C19H22FNO3S. The van der Waals surface area contributed by atoms with Gasteiger partial charge in [0.25, 0.3) is 0 Å². The van der Waals surface area contributed by atoms with Gasteiger partial charge in [-0.05, 0) is 37.5 Å². The highest BCUT2D eigenvalue weighted by molar-refractivity contribution is 7.15. The Morgan fingerprint density at radius 2 is 1.80 bits per heavy atom. The smallest absolute Gasteiger partial charge is 0.341 e. The van der Waals surface area contributed by atoms with Crippen molar-refractivity contribution in [2.75, 3.05) is 11.9 Å². The number of hydrogen-bond donors (Lipinski definition) is 1. The van der Waals surface area contributed by atoms with Gasteiger partial charge in [-0.1, -0.05) is 26.0 Å². The third kappa shape index (κ3) is 4.45. The van der Waals surface area contributed by atoms with Crippen LogP contribution in [0.3, 0.4) is 0 Å². The number of amides is 1. The van der Waals surface area contributed by atoms with Gasteiger partial charge in [0, 0.05) is 16.9 Å². The SMILES string of the molecule is CCOC(=O)c1c(-c2ccc(F)cc2)csc1NC(=O)C(CC)CC. The molecule has 0 aliphatic heterocycles. The minimum absolute atomic E-state index is 0.105. The fraction of sp³-hybridized carbons (Fsp3) is 0.368. The molecule has 134 valence electrons. The second kappa shape index (κ2) is 8.76. The highest BCUT2D eigenvalue weighted by Crippen LogP contribution is 2.36. The summed E-state index contributed by atoms with van der Waals surface area (Å²) in [6, 6.07) is 5.88. The van der Waals surface area contributed by atoms with E-state index in [1.165, 1.54) is 23.5 Å². The molecule has 0 unspecified atom stereocenters. The van der Waals surface area contributed by atoms with Crippen molar-refractivity contribution in [1.29, 1.82) is 0 Å². The van der Waals surface area contributed by atoms with Gasteiger partial charge in [0.2, 0.25) is 5.91 Å². The Bertz CT molecular complexity index is 736. The average molecular weight is 363 g/mol. The van der Waals surface area contributed by atoms with E-state index in [0.717, 1.165) is 12.8 Å². The van der Waals surface area contributed by atoms with Crippen LogP contribution in [-0.2, 0) is 9.53 Å². The Hall–Kier alpha value is -2.21. The number of hydrogen-bond acceptors (Lipinski definition) is 4. The molecule has 2 aromatic rings. The topological polar surface area (TPSA) is 55.4 Å². The highest BCUT2D eigenvalue weighted by Gasteiger charge is 2.24. The van der Waals surface area contributed by atoms with Crippen LogP contribution in [-0.4, -0.2) is 18.5 Å². The zero-order valence-electron chi connectivity index (χ0n) is 14.6. The van der Waals surface area contributed by atoms with Crippen LogP contribution in [0.5, 0.6) is 0 Å². The third-order valence-corrected chi connectivity index (χ3v) is 4.91. The van der Waals surface area contributed by atoms with Crippen LogP contribution in [0.25, 0.3) is 11.1 Å². The zero-order valence-corrected chi connectivity index (χ0v) is 15.4. The van der Waals surface area contributed by atoms with Crippen molar-refractivity contribution in [2.45, 2.75) is 33.6 Å². The van der Waals surface area contributed by atoms with E-state index in [9.17, 15) is 14.0 Å². The standard InChI is InChI=1S/C19H22FNO3S/c1-4-12(5-2)17(22)21-18-16(19(23)24-6-3)15(11-25-18)13-7-9-14(20)10-8-13/h7-12H,4-6H2,1-3H3,(H,21,22). The lowest BCUT2D eigenvalue weighted by Crippen LogP contribution is -2.22. The van der Waals surface area contributed by atoms with E-state index in [1.807, 2.05) is 13.8 Å². The van der Waals surface area contributed by atoms with Gasteiger partial charge in [-0.15, -0.1) is 11.3 Å². The van der Waals surface area contributed by atoms with E-state index in [1.54, 1.807) is 24.4 Å². The molecule has 0 saturated carbocycles. The van der Waals surface area contributed by atoms with Gasteiger partial charge >= 0.3 is 5.97 Å². The molecule has 0 radical (unpaired) electrons. The normalized spacial score (nSPS) is 10.8. The molecular weight excluding hydrogens is 341 g/mol. The van der Waals surface area contributed by atoms with E-state index in [4.69, 9.17) is 4.74 Å². The van der Waals surface area contributed by atoms with Crippen molar-refractivity contribution in [1.82, 2.24) is 0 Å². The molecule has 2 rings (SSSR count). The number of carbonyl (C=O) groups excluding carboxylic acids is 2. The Morgan fingerprint density at radius 1 is 1.16 bits per heavy atom. The molecule has 0 aliphatic rings. The molecule has 1 heterocycles. The first-order chi connectivity index (χ1) is 12.0. The van der Waals surface area contributed by atoms with Gasteiger partial charge in [0.15, 0.2) is 0 Å². The number of carbonyl (C=O) groups is 2. The summed E-state index contributed by atoms with van der Waals surface area (Å²) < 4.78 is 18.3. The van der Waals surface area contributed by atoms with Crippen LogP contribution in [0.15, 0.2) is 29.6 Å². The summed E-state index contributed by atoms with van der Waals surface area (Å²) >= 11 is 1.27. The number of anilines is 1. The quantitative estimate of drug-likeness (QED) is 0.696. The lowest BCUT2D eigenvalue weighted by atomic mass is 10.0. The van der Waals surface area contributed by atoms with Crippen molar-refractivity contribution in [3.05, 3.63) is 41.0 Å². The summed E-state index contributed by atoms with van der Waals surface area (Å²) in [7, 11) is 0. The molecule has 25 heavy (non-hydrogen) atoms. The van der Waals surface area contributed by atoms with E-state index < -0.39 is 5.97 Å². The summed E-state index contributed by atoms with van der Waals surface area (Å²) in [5.74, 6) is -1.06. The Kier molecular flexibility index (Phi) is 6.70. The van der Waals surface area contributed by atoms with E-state index in [2.05, 4.69) is 5.32 Å². The molecule has 0 spiro atoms.